The second-order valence-corrected chi connectivity index (χ2v) is 8.10. The van der Waals surface area contributed by atoms with E-state index in [0.29, 0.717) is 11.6 Å². The maximum absolute atomic E-state index is 6.54. The lowest BCUT2D eigenvalue weighted by Crippen LogP contribution is -2.03. The Morgan fingerprint density at radius 1 is 0.909 bits per heavy atom. The van der Waals surface area contributed by atoms with E-state index in [0.717, 1.165) is 50.7 Å². The number of para-hydroxylation sites is 1. The summed E-state index contributed by atoms with van der Waals surface area (Å²) in [6.45, 7) is 0.836. The molecular weight excluding hydrogens is 436 g/mol. The van der Waals surface area contributed by atoms with Crippen LogP contribution >= 0.6 is 11.6 Å². The van der Waals surface area contributed by atoms with E-state index in [1.165, 1.54) is 0 Å². The summed E-state index contributed by atoms with van der Waals surface area (Å²) in [6, 6.07) is 23.9. The molecule has 33 heavy (non-hydrogen) atoms. The number of ether oxygens (including phenoxy) is 2. The third-order valence-corrected chi connectivity index (χ3v) is 6.00. The van der Waals surface area contributed by atoms with E-state index in [1.807, 2.05) is 65.2 Å². The molecular formula is C26H19ClN4O2. The molecule has 1 aliphatic rings. The van der Waals surface area contributed by atoms with Crippen molar-refractivity contribution in [3.8, 4) is 28.3 Å². The molecule has 0 saturated heterocycles. The van der Waals surface area contributed by atoms with Gasteiger partial charge < -0.3 is 14.8 Å². The highest BCUT2D eigenvalue weighted by atomic mass is 35.5. The van der Waals surface area contributed by atoms with Crippen LogP contribution < -0.4 is 14.8 Å². The largest absolute Gasteiger partial charge is 0.454 e. The molecule has 3 heterocycles. The summed E-state index contributed by atoms with van der Waals surface area (Å²) >= 11 is 6.54. The first-order chi connectivity index (χ1) is 16.3. The van der Waals surface area contributed by atoms with Gasteiger partial charge in [-0.1, -0.05) is 60.1 Å². The number of rotatable bonds is 5. The Kier molecular flexibility index (Phi) is 4.85. The van der Waals surface area contributed by atoms with Crippen molar-refractivity contribution >= 4 is 28.5 Å². The average molecular weight is 455 g/mol. The summed E-state index contributed by atoms with van der Waals surface area (Å²) in [5.74, 6) is 2.28. The fourth-order valence-electron chi connectivity index (χ4n) is 4.10. The molecule has 6 nitrogen and oxygen atoms in total. The number of benzene rings is 3. The topological polar surface area (TPSA) is 61.2 Å². The van der Waals surface area contributed by atoms with Crippen molar-refractivity contribution in [1.29, 1.82) is 0 Å². The Morgan fingerprint density at radius 3 is 2.61 bits per heavy atom. The summed E-state index contributed by atoms with van der Waals surface area (Å²) in [5, 5.41) is 5.08. The minimum atomic E-state index is 0.259. The van der Waals surface area contributed by atoms with Gasteiger partial charge in [0.2, 0.25) is 6.79 Å². The van der Waals surface area contributed by atoms with E-state index >= 15 is 0 Å². The number of anilines is 1. The highest BCUT2D eigenvalue weighted by Crippen LogP contribution is 2.37. The van der Waals surface area contributed by atoms with Gasteiger partial charge in [0.25, 0.3) is 0 Å². The van der Waals surface area contributed by atoms with Crippen LogP contribution in [0.1, 0.15) is 5.56 Å². The Balaban J connectivity index is 1.46. The number of fused-ring (bicyclic) bond motifs is 2. The van der Waals surface area contributed by atoms with Crippen LogP contribution in [0, 0.1) is 0 Å². The van der Waals surface area contributed by atoms with Crippen LogP contribution in [0.4, 0.5) is 5.82 Å². The van der Waals surface area contributed by atoms with Crippen LogP contribution in [0.2, 0.25) is 5.02 Å². The number of hydrogen-bond acceptors (Lipinski definition) is 5. The predicted octanol–water partition coefficient (Wildman–Crippen LogP) is 6.08. The Bertz CT molecular complexity index is 1470. The van der Waals surface area contributed by atoms with Gasteiger partial charge in [0.1, 0.15) is 12.1 Å². The molecule has 0 amide bonds. The fourth-order valence-corrected chi connectivity index (χ4v) is 4.33. The van der Waals surface area contributed by atoms with Gasteiger partial charge in [0.15, 0.2) is 17.1 Å². The minimum Gasteiger partial charge on any atom is -0.454 e. The molecule has 1 N–H and O–H groups in total. The molecule has 5 aromatic rings. The Morgan fingerprint density at radius 2 is 1.73 bits per heavy atom. The number of nitrogens with zero attached hydrogens (tertiary/aromatic N) is 3. The SMILES string of the molecule is Clc1ccccc1-n1cc(-c2ccccc2)c2c(NCc3ccc4c(c3)OCO4)ncnc21. The quantitative estimate of drug-likeness (QED) is 0.348. The number of aromatic nitrogens is 3. The number of hydrogen-bond donors (Lipinski definition) is 1. The molecule has 0 radical (unpaired) electrons. The van der Waals surface area contributed by atoms with Gasteiger partial charge in [-0.15, -0.1) is 0 Å². The lowest BCUT2D eigenvalue weighted by molar-refractivity contribution is 0.174. The van der Waals surface area contributed by atoms with Gasteiger partial charge in [-0.2, -0.15) is 0 Å². The molecule has 0 saturated carbocycles. The second kappa shape index (κ2) is 8.15. The Labute approximate surface area is 195 Å². The van der Waals surface area contributed by atoms with Gasteiger partial charge >= 0.3 is 0 Å². The predicted molar refractivity (Wildman–Crippen MR) is 129 cm³/mol. The summed E-state index contributed by atoms with van der Waals surface area (Å²) < 4.78 is 12.9. The van der Waals surface area contributed by atoms with E-state index in [9.17, 15) is 0 Å². The third-order valence-electron chi connectivity index (χ3n) is 5.68. The first-order valence-corrected chi connectivity index (χ1v) is 10.9. The summed E-state index contributed by atoms with van der Waals surface area (Å²) in [4.78, 5) is 9.21. The summed E-state index contributed by atoms with van der Waals surface area (Å²) in [6.07, 6.45) is 3.65. The van der Waals surface area contributed by atoms with Gasteiger partial charge in [0, 0.05) is 18.3 Å². The van der Waals surface area contributed by atoms with Crippen molar-refractivity contribution in [2.45, 2.75) is 6.54 Å². The molecule has 0 fully saturated rings. The van der Waals surface area contributed by atoms with Crippen molar-refractivity contribution in [3.05, 3.63) is 95.9 Å². The zero-order valence-electron chi connectivity index (χ0n) is 17.5. The molecule has 1 aliphatic heterocycles. The molecule has 3 aromatic carbocycles. The van der Waals surface area contributed by atoms with Crippen molar-refractivity contribution in [2.24, 2.45) is 0 Å². The Hall–Kier alpha value is -4.03. The van der Waals surface area contributed by atoms with E-state index in [2.05, 4.69) is 33.6 Å². The first-order valence-electron chi connectivity index (χ1n) is 10.6. The highest BCUT2D eigenvalue weighted by Gasteiger charge is 2.19. The highest BCUT2D eigenvalue weighted by molar-refractivity contribution is 6.32. The summed E-state index contributed by atoms with van der Waals surface area (Å²) in [7, 11) is 0. The second-order valence-electron chi connectivity index (χ2n) is 7.69. The molecule has 0 unspecified atom stereocenters. The van der Waals surface area contributed by atoms with Gasteiger partial charge in [0.05, 0.1) is 16.1 Å². The maximum Gasteiger partial charge on any atom is 0.231 e. The van der Waals surface area contributed by atoms with E-state index in [4.69, 9.17) is 21.1 Å². The minimum absolute atomic E-state index is 0.259. The number of nitrogens with one attached hydrogen (secondary N) is 1. The normalized spacial score (nSPS) is 12.3. The number of halogens is 1. The van der Waals surface area contributed by atoms with Crippen LogP contribution in [0.25, 0.3) is 27.8 Å². The van der Waals surface area contributed by atoms with Crippen molar-refractivity contribution in [2.75, 3.05) is 12.1 Å². The molecule has 6 rings (SSSR count). The molecule has 0 spiro atoms. The van der Waals surface area contributed by atoms with Gasteiger partial charge in [-0.3, -0.25) is 4.57 Å². The van der Waals surface area contributed by atoms with Crippen LogP contribution in [0.3, 0.4) is 0 Å². The first kappa shape index (κ1) is 19.6. The monoisotopic (exact) mass is 454 g/mol. The van der Waals surface area contributed by atoms with Crippen LogP contribution in [-0.2, 0) is 6.54 Å². The maximum atomic E-state index is 6.54. The van der Waals surface area contributed by atoms with Crippen molar-refractivity contribution < 1.29 is 9.47 Å². The van der Waals surface area contributed by atoms with Crippen LogP contribution in [0.15, 0.2) is 85.3 Å². The molecule has 7 heteroatoms. The van der Waals surface area contributed by atoms with Gasteiger partial charge in [-0.05, 0) is 35.4 Å². The van der Waals surface area contributed by atoms with Crippen LogP contribution in [-0.4, -0.2) is 21.3 Å². The third kappa shape index (κ3) is 3.54. The molecule has 0 atom stereocenters. The molecule has 0 bridgehead atoms. The summed E-state index contributed by atoms with van der Waals surface area (Å²) in [5.41, 5.74) is 4.82. The van der Waals surface area contributed by atoms with Crippen molar-refractivity contribution in [1.82, 2.24) is 14.5 Å². The van der Waals surface area contributed by atoms with Gasteiger partial charge in [-0.25, -0.2) is 9.97 Å². The van der Waals surface area contributed by atoms with Crippen molar-refractivity contribution in [3.63, 3.8) is 0 Å². The fraction of sp³-hybridized carbons (Fsp3) is 0.0769. The standard InChI is InChI=1S/C26H19ClN4O2/c27-20-8-4-5-9-21(20)31-14-19(18-6-2-1-3-7-18)24-25(29-15-30-26(24)31)28-13-17-10-11-22-23(12-17)33-16-32-22/h1-12,14-15H,13,16H2,(H,28,29,30). The van der Waals surface area contributed by atoms with Crippen LogP contribution in [0.5, 0.6) is 11.5 Å². The smallest absolute Gasteiger partial charge is 0.231 e. The van der Waals surface area contributed by atoms with E-state index in [-0.39, 0.29) is 6.79 Å². The molecule has 2 aromatic heterocycles. The zero-order valence-corrected chi connectivity index (χ0v) is 18.3. The van der Waals surface area contributed by atoms with E-state index in [1.54, 1.807) is 6.33 Å². The lowest BCUT2D eigenvalue weighted by atomic mass is 10.1. The average Bonchev–Trinajstić information content (AvgIpc) is 3.48. The molecule has 0 aliphatic carbocycles. The lowest BCUT2D eigenvalue weighted by Gasteiger charge is -2.10. The molecule has 162 valence electrons. The van der Waals surface area contributed by atoms with E-state index < -0.39 is 0 Å². The zero-order chi connectivity index (χ0) is 22.2.